The van der Waals surface area contributed by atoms with Gasteiger partial charge in [-0.05, 0) is 17.5 Å². The predicted molar refractivity (Wildman–Crippen MR) is 120 cm³/mol. The first-order valence-corrected chi connectivity index (χ1v) is 9.16. The molecule has 1 aliphatic rings. The van der Waals surface area contributed by atoms with Crippen molar-refractivity contribution in [2.75, 3.05) is 20.6 Å². The first-order valence-electron chi connectivity index (χ1n) is 9.16. The summed E-state index contributed by atoms with van der Waals surface area (Å²) in [5.74, 6) is 2.27. The number of guanidine groups is 1. The molecule has 1 aromatic carbocycles. The van der Waals surface area contributed by atoms with Crippen LogP contribution in [-0.4, -0.2) is 47.4 Å². The Hall–Kier alpha value is -1.77. The van der Waals surface area contributed by atoms with E-state index in [0.29, 0.717) is 5.92 Å². The Bertz CT molecular complexity index is 761. The van der Waals surface area contributed by atoms with Gasteiger partial charge >= 0.3 is 0 Å². The molecule has 1 N–H and O–H groups in total. The van der Waals surface area contributed by atoms with Crippen LogP contribution in [0.25, 0.3) is 0 Å². The van der Waals surface area contributed by atoms with Crippen LogP contribution in [0.2, 0.25) is 0 Å². The summed E-state index contributed by atoms with van der Waals surface area (Å²) in [7, 11) is 5.84. The lowest BCUT2D eigenvalue weighted by molar-refractivity contribution is 0.233. The molecule has 0 amide bonds. The van der Waals surface area contributed by atoms with E-state index in [1.807, 2.05) is 30.9 Å². The molecule has 1 aliphatic heterocycles. The largest absolute Gasteiger partial charge is 0.488 e. The average molecular weight is 483 g/mol. The molecule has 2 heterocycles. The zero-order valence-electron chi connectivity index (χ0n) is 16.8. The van der Waals surface area contributed by atoms with Crippen molar-refractivity contribution in [3.05, 3.63) is 47.3 Å². The molecule has 0 bridgehead atoms. The number of fused-ring (bicyclic) bond motifs is 1. The number of aromatic nitrogens is 2. The van der Waals surface area contributed by atoms with Gasteiger partial charge in [0.05, 0.1) is 12.2 Å². The summed E-state index contributed by atoms with van der Waals surface area (Å²) in [6, 6.07) is 8.24. The molecule has 1 unspecified atom stereocenters. The number of nitrogens with one attached hydrogen (secondary N) is 1. The molecule has 1 aromatic heterocycles. The first-order chi connectivity index (χ1) is 12.5. The van der Waals surface area contributed by atoms with Crippen LogP contribution in [-0.2, 0) is 20.0 Å². The van der Waals surface area contributed by atoms with Gasteiger partial charge in [-0.1, -0.05) is 32.0 Å². The van der Waals surface area contributed by atoms with Crippen molar-refractivity contribution in [2.24, 2.45) is 12.0 Å². The summed E-state index contributed by atoms with van der Waals surface area (Å²) < 4.78 is 7.89. The minimum atomic E-state index is 0. The van der Waals surface area contributed by atoms with Crippen LogP contribution in [0.3, 0.4) is 0 Å². The van der Waals surface area contributed by atoms with Crippen LogP contribution in [0.5, 0.6) is 5.75 Å². The topological polar surface area (TPSA) is 54.7 Å². The molecule has 6 nitrogen and oxygen atoms in total. The fourth-order valence-corrected chi connectivity index (χ4v) is 3.45. The Balaban J connectivity index is 0.00000261. The second-order valence-electron chi connectivity index (χ2n) is 7.20. The van der Waals surface area contributed by atoms with E-state index in [0.717, 1.165) is 36.9 Å². The molecule has 27 heavy (non-hydrogen) atoms. The smallest absolute Gasteiger partial charge is 0.193 e. The highest BCUT2D eigenvalue weighted by molar-refractivity contribution is 14.0. The standard InChI is InChI=1S/C20H29N5O.HI/c1-14(2)19-16(13-25(5)23-19)12-24(4)20(21-3)22-11-17-10-15-8-6-7-9-18(15)26-17;/h6-9,13-14,17H,10-12H2,1-5H3,(H,21,22);1H. The second-order valence-corrected chi connectivity index (χ2v) is 7.20. The number of benzene rings is 1. The quantitative estimate of drug-likeness (QED) is 0.404. The van der Waals surface area contributed by atoms with Crippen molar-refractivity contribution in [1.82, 2.24) is 20.0 Å². The number of rotatable bonds is 5. The van der Waals surface area contributed by atoms with Gasteiger partial charge in [0.1, 0.15) is 11.9 Å². The minimum absolute atomic E-state index is 0. The Morgan fingerprint density at radius 3 is 2.81 bits per heavy atom. The van der Waals surface area contributed by atoms with E-state index in [-0.39, 0.29) is 30.1 Å². The summed E-state index contributed by atoms with van der Waals surface area (Å²) in [6.45, 7) is 5.85. The Labute approximate surface area is 179 Å². The van der Waals surface area contributed by atoms with E-state index in [4.69, 9.17) is 4.74 Å². The van der Waals surface area contributed by atoms with Crippen molar-refractivity contribution in [3.8, 4) is 5.75 Å². The summed E-state index contributed by atoms with van der Waals surface area (Å²) >= 11 is 0. The third kappa shape index (κ3) is 5.15. The number of aliphatic imine (C=N–C) groups is 1. The lowest BCUT2D eigenvalue weighted by Crippen LogP contribution is -2.43. The fraction of sp³-hybridized carbons (Fsp3) is 0.500. The number of ether oxygens (including phenoxy) is 1. The highest BCUT2D eigenvalue weighted by Crippen LogP contribution is 2.27. The van der Waals surface area contributed by atoms with Crippen molar-refractivity contribution in [2.45, 2.75) is 38.8 Å². The Morgan fingerprint density at radius 2 is 2.15 bits per heavy atom. The molecule has 0 spiro atoms. The van der Waals surface area contributed by atoms with Gasteiger partial charge in [0.2, 0.25) is 0 Å². The van der Waals surface area contributed by atoms with Gasteiger partial charge in [-0.15, -0.1) is 24.0 Å². The third-order valence-electron chi connectivity index (χ3n) is 4.67. The Morgan fingerprint density at radius 1 is 1.41 bits per heavy atom. The van der Waals surface area contributed by atoms with Crippen molar-refractivity contribution in [3.63, 3.8) is 0 Å². The molecular formula is C20H30IN5O. The summed E-state index contributed by atoms with van der Waals surface area (Å²) in [4.78, 5) is 6.55. The van der Waals surface area contributed by atoms with Crippen molar-refractivity contribution < 1.29 is 4.74 Å². The summed E-state index contributed by atoms with van der Waals surface area (Å²) in [5, 5.41) is 8.04. The van der Waals surface area contributed by atoms with Crippen LogP contribution in [0.15, 0.2) is 35.5 Å². The number of halogens is 1. The molecule has 3 rings (SSSR count). The summed E-state index contributed by atoms with van der Waals surface area (Å²) in [6.07, 6.45) is 3.17. The third-order valence-corrected chi connectivity index (χ3v) is 4.67. The second kappa shape index (κ2) is 9.43. The number of hydrogen-bond donors (Lipinski definition) is 1. The molecule has 7 heteroatoms. The molecule has 0 saturated carbocycles. The van der Waals surface area contributed by atoms with E-state index in [1.165, 1.54) is 11.1 Å². The molecular weight excluding hydrogens is 453 g/mol. The van der Waals surface area contributed by atoms with Crippen molar-refractivity contribution >= 4 is 29.9 Å². The van der Waals surface area contributed by atoms with Gasteiger partial charge < -0.3 is 15.0 Å². The van der Waals surface area contributed by atoms with Crippen LogP contribution >= 0.6 is 24.0 Å². The molecule has 0 aliphatic carbocycles. The highest BCUT2D eigenvalue weighted by atomic mass is 127. The number of para-hydroxylation sites is 1. The lowest BCUT2D eigenvalue weighted by Gasteiger charge is -2.23. The number of aryl methyl sites for hydroxylation is 1. The van der Waals surface area contributed by atoms with Gasteiger partial charge in [0.25, 0.3) is 0 Å². The monoisotopic (exact) mass is 483 g/mol. The molecule has 0 radical (unpaired) electrons. The van der Waals surface area contributed by atoms with E-state index < -0.39 is 0 Å². The Kier molecular flexibility index (Phi) is 7.52. The zero-order chi connectivity index (χ0) is 18.7. The predicted octanol–water partition coefficient (Wildman–Crippen LogP) is 3.17. The van der Waals surface area contributed by atoms with Gasteiger partial charge in [-0.2, -0.15) is 5.10 Å². The van der Waals surface area contributed by atoms with Gasteiger partial charge in [0, 0.05) is 45.9 Å². The van der Waals surface area contributed by atoms with E-state index in [9.17, 15) is 0 Å². The first kappa shape index (κ1) is 21.5. The van der Waals surface area contributed by atoms with Crippen LogP contribution in [0, 0.1) is 0 Å². The van der Waals surface area contributed by atoms with E-state index in [2.05, 4.69) is 59.5 Å². The number of hydrogen-bond acceptors (Lipinski definition) is 3. The maximum Gasteiger partial charge on any atom is 0.193 e. The van der Waals surface area contributed by atoms with Gasteiger partial charge in [-0.3, -0.25) is 9.67 Å². The molecule has 1 atom stereocenters. The molecule has 148 valence electrons. The molecule has 0 saturated heterocycles. The maximum atomic E-state index is 6.00. The minimum Gasteiger partial charge on any atom is -0.488 e. The highest BCUT2D eigenvalue weighted by Gasteiger charge is 2.23. The molecule has 2 aromatic rings. The van der Waals surface area contributed by atoms with Gasteiger partial charge in [-0.25, -0.2) is 0 Å². The maximum absolute atomic E-state index is 6.00. The van der Waals surface area contributed by atoms with Crippen LogP contribution in [0.1, 0.15) is 36.6 Å². The summed E-state index contributed by atoms with van der Waals surface area (Å²) in [5.41, 5.74) is 3.65. The average Bonchev–Trinajstić information content (AvgIpc) is 3.18. The number of nitrogens with zero attached hydrogens (tertiary/aromatic N) is 4. The van der Waals surface area contributed by atoms with Crippen LogP contribution in [0.4, 0.5) is 0 Å². The zero-order valence-corrected chi connectivity index (χ0v) is 19.1. The van der Waals surface area contributed by atoms with Gasteiger partial charge in [0.15, 0.2) is 5.96 Å². The normalized spacial score (nSPS) is 15.9. The van der Waals surface area contributed by atoms with Crippen molar-refractivity contribution in [1.29, 1.82) is 0 Å². The van der Waals surface area contributed by atoms with Crippen LogP contribution < -0.4 is 10.1 Å². The van der Waals surface area contributed by atoms with E-state index in [1.54, 1.807) is 0 Å². The molecule has 0 fully saturated rings. The SMILES string of the molecule is CN=C(NCC1Cc2ccccc2O1)N(C)Cc1cn(C)nc1C(C)C.I. The van der Waals surface area contributed by atoms with E-state index >= 15 is 0 Å². The lowest BCUT2D eigenvalue weighted by atomic mass is 10.1. The fourth-order valence-electron chi connectivity index (χ4n) is 3.45.